The molecule has 9 heteroatoms. The first kappa shape index (κ1) is 33.1. The number of benzene rings is 3. The molecule has 7 nitrogen and oxygen atoms in total. The van der Waals surface area contributed by atoms with E-state index in [1.807, 2.05) is 12.1 Å². The Morgan fingerprint density at radius 3 is 1.58 bits per heavy atom. The van der Waals surface area contributed by atoms with Crippen LogP contribution in [-0.4, -0.2) is 8.42 Å². The van der Waals surface area contributed by atoms with Crippen molar-refractivity contribution in [1.29, 1.82) is 0 Å². The molecule has 0 aliphatic carbocycles. The van der Waals surface area contributed by atoms with Crippen LogP contribution in [0.5, 0.6) is 0 Å². The van der Waals surface area contributed by atoms with Crippen LogP contribution in [0.15, 0.2) is 108 Å². The summed E-state index contributed by atoms with van der Waals surface area (Å²) in [5.74, 6) is 0. The van der Waals surface area contributed by atoms with Crippen molar-refractivity contribution < 1.29 is 19.8 Å². The first-order chi connectivity index (χ1) is 21.8. The summed E-state index contributed by atoms with van der Waals surface area (Å²) in [4.78, 5) is 23.9. The Kier molecular flexibility index (Phi) is 11.6. The fourth-order valence-electron chi connectivity index (χ4n) is 5.24. The summed E-state index contributed by atoms with van der Waals surface area (Å²) >= 11 is -3.19. The number of aryl methyl sites for hydroxylation is 1. The maximum absolute atomic E-state index is 13.6. The fourth-order valence-corrected chi connectivity index (χ4v) is 12.2. The van der Waals surface area contributed by atoms with E-state index in [9.17, 15) is 18.0 Å². The van der Waals surface area contributed by atoms with Crippen LogP contribution in [0.1, 0.15) is 76.7 Å². The van der Waals surface area contributed by atoms with Gasteiger partial charge in [0.05, 0.1) is 0 Å². The van der Waals surface area contributed by atoms with Gasteiger partial charge in [-0.1, -0.05) is 39.0 Å². The number of hydrogen-bond acceptors (Lipinski definition) is 7. The Balaban J connectivity index is 1.30. The minimum atomic E-state index is -4.15. The van der Waals surface area contributed by atoms with Crippen LogP contribution in [0.25, 0.3) is 21.9 Å². The van der Waals surface area contributed by atoms with Gasteiger partial charge in [-0.05, 0) is 0 Å². The molecule has 45 heavy (non-hydrogen) atoms. The van der Waals surface area contributed by atoms with Crippen molar-refractivity contribution in [3.63, 3.8) is 0 Å². The second-order valence-electron chi connectivity index (χ2n) is 11.2. The number of hydrogen-bond donors (Lipinski definition) is 0. The quantitative estimate of drug-likeness (QED) is 0.0564. The van der Waals surface area contributed by atoms with Gasteiger partial charge in [-0.2, -0.15) is 0 Å². The maximum atomic E-state index is 13.6. The van der Waals surface area contributed by atoms with E-state index in [0.29, 0.717) is 29.1 Å². The van der Waals surface area contributed by atoms with Crippen molar-refractivity contribution in [2.24, 2.45) is 0 Å². The van der Waals surface area contributed by atoms with Crippen LogP contribution in [0, 0.1) is 7.14 Å². The van der Waals surface area contributed by atoms with Crippen molar-refractivity contribution in [3.8, 4) is 0 Å². The Morgan fingerprint density at radius 2 is 1.07 bits per heavy atom. The second kappa shape index (κ2) is 15.8. The Labute approximate surface area is 271 Å². The molecule has 0 saturated heterocycles. The zero-order valence-corrected chi connectivity index (χ0v) is 28.5. The molecule has 238 valence electrons. The van der Waals surface area contributed by atoms with Gasteiger partial charge in [0.2, 0.25) is 0 Å². The Hall–Kier alpha value is -3.28. The molecule has 3 aromatic carbocycles. The van der Waals surface area contributed by atoms with Gasteiger partial charge in [0, 0.05) is 0 Å². The van der Waals surface area contributed by atoms with Gasteiger partial charge in [0.1, 0.15) is 0 Å². The van der Waals surface area contributed by atoms with Gasteiger partial charge in [0.25, 0.3) is 0 Å². The third-order valence-electron chi connectivity index (χ3n) is 7.74. The average Bonchev–Trinajstić information content (AvgIpc) is 3.04. The van der Waals surface area contributed by atoms with E-state index in [-0.39, 0.29) is 4.90 Å². The third-order valence-corrected chi connectivity index (χ3v) is 15.0. The summed E-state index contributed by atoms with van der Waals surface area (Å²) in [6.45, 7) is 2.24. The summed E-state index contributed by atoms with van der Waals surface area (Å²) in [7, 11) is -4.15. The molecule has 0 radical (unpaired) electrons. The predicted octanol–water partition coefficient (Wildman–Crippen LogP) is 9.23. The fraction of sp³-hybridized carbons (Fsp3) is 0.333. The molecule has 0 aliphatic heterocycles. The van der Waals surface area contributed by atoms with Crippen LogP contribution in [-0.2, 0) is 19.1 Å². The molecule has 0 saturated carbocycles. The molecule has 2 heterocycles. The van der Waals surface area contributed by atoms with Crippen molar-refractivity contribution in [2.75, 3.05) is 0 Å². The van der Waals surface area contributed by atoms with Crippen molar-refractivity contribution in [1.82, 2.24) is 0 Å². The molecule has 0 aliphatic rings. The van der Waals surface area contributed by atoms with Gasteiger partial charge in [0.15, 0.2) is 0 Å². The number of rotatable bonds is 16. The molecule has 0 bridgehead atoms. The Bertz CT molecular complexity index is 1850. The van der Waals surface area contributed by atoms with Crippen LogP contribution >= 0.6 is 20.2 Å². The van der Waals surface area contributed by atoms with E-state index in [4.69, 9.17) is 11.3 Å². The van der Waals surface area contributed by atoms with Gasteiger partial charge < -0.3 is 0 Å². The standard InChI is InChI=1S/C36H39IO7S/c1-2-3-4-5-6-7-8-9-10-11-12-27-13-21-32(22-14-27)45(40,41)44-37(30-19-15-28-17-23-35(38)42-33(28)25-30)31-20-16-29-18-24-36(39)43-34(29)26-31/h13-26H,2-12H2,1H3. The van der Waals surface area contributed by atoms with E-state index in [2.05, 4.69) is 6.92 Å². The third kappa shape index (κ3) is 9.14. The molecule has 0 spiro atoms. The molecule has 0 N–H and O–H groups in total. The van der Waals surface area contributed by atoms with Crippen LogP contribution in [0.4, 0.5) is 0 Å². The molecule has 2 aromatic heterocycles. The average molecular weight is 743 g/mol. The van der Waals surface area contributed by atoms with Gasteiger partial charge in [-0.15, -0.1) is 0 Å². The summed E-state index contributed by atoms with van der Waals surface area (Å²) in [5.41, 5.74) is 0.773. The number of unbranched alkanes of at least 4 members (excludes halogenated alkanes) is 9. The summed E-state index contributed by atoms with van der Waals surface area (Å²) in [6.07, 6.45) is 13.6. The van der Waals surface area contributed by atoms with Gasteiger partial charge >= 0.3 is 234 Å². The zero-order chi connectivity index (χ0) is 31.6. The summed E-state index contributed by atoms with van der Waals surface area (Å²) in [6, 6.07) is 23.4. The second-order valence-corrected chi connectivity index (χ2v) is 17.7. The van der Waals surface area contributed by atoms with E-state index in [0.717, 1.165) is 18.4 Å². The Morgan fingerprint density at radius 1 is 0.600 bits per heavy atom. The van der Waals surface area contributed by atoms with E-state index >= 15 is 0 Å². The first-order valence-corrected chi connectivity index (χ1v) is 20.1. The SMILES string of the molecule is CCCCCCCCCCCCc1ccc(S(=O)(=O)OI(c2ccc3ccc(=O)oc3c2)c2ccc3ccc(=O)oc3c2)cc1. The van der Waals surface area contributed by atoms with E-state index in [1.54, 1.807) is 60.7 Å². The van der Waals surface area contributed by atoms with Gasteiger partial charge in [-0.3, -0.25) is 0 Å². The molecule has 0 atom stereocenters. The first-order valence-electron chi connectivity index (χ1n) is 15.6. The van der Waals surface area contributed by atoms with E-state index < -0.39 is 41.6 Å². The summed E-state index contributed by atoms with van der Waals surface area (Å²) < 4.78 is 45.3. The predicted molar refractivity (Wildman–Crippen MR) is 187 cm³/mol. The molecule has 5 aromatic rings. The molecule has 0 fully saturated rings. The van der Waals surface area contributed by atoms with E-state index in [1.165, 1.54) is 69.9 Å². The van der Waals surface area contributed by atoms with Crippen LogP contribution in [0.2, 0.25) is 0 Å². The summed E-state index contributed by atoms with van der Waals surface area (Å²) in [5, 5.41) is 1.42. The number of fused-ring (bicyclic) bond motifs is 2. The van der Waals surface area contributed by atoms with Crippen molar-refractivity contribution in [3.05, 3.63) is 118 Å². The molecular weight excluding hydrogens is 703 g/mol. The molecule has 5 rings (SSSR count). The zero-order valence-electron chi connectivity index (χ0n) is 25.5. The normalized spacial score (nSPS) is 12.2. The molecular formula is C36H39IO7S. The topological polar surface area (TPSA) is 104 Å². The molecule has 0 unspecified atom stereocenters. The van der Waals surface area contributed by atoms with Gasteiger partial charge in [-0.25, -0.2) is 0 Å². The van der Waals surface area contributed by atoms with Crippen molar-refractivity contribution >= 4 is 52.3 Å². The monoisotopic (exact) mass is 742 g/mol. The number of halogens is 1. The minimum absolute atomic E-state index is 0.0799. The van der Waals surface area contributed by atoms with Crippen LogP contribution < -0.4 is 11.3 Å². The molecule has 0 amide bonds. The van der Waals surface area contributed by atoms with Crippen molar-refractivity contribution in [2.45, 2.75) is 82.4 Å². The van der Waals surface area contributed by atoms with Crippen LogP contribution in [0.3, 0.4) is 0 Å².